The number of aromatic nitrogens is 1. The first-order valence-electron chi connectivity index (χ1n) is 11.0. The molecule has 160 valence electrons. The van der Waals surface area contributed by atoms with Gasteiger partial charge in [0.1, 0.15) is 0 Å². The van der Waals surface area contributed by atoms with Crippen LogP contribution in [-0.4, -0.2) is 21.4 Å². The Labute approximate surface area is 178 Å². The lowest BCUT2D eigenvalue weighted by molar-refractivity contribution is -0.136. The summed E-state index contributed by atoms with van der Waals surface area (Å²) in [5.41, 5.74) is 2.72. The van der Waals surface area contributed by atoms with Gasteiger partial charge in [0.15, 0.2) is 0 Å². The highest BCUT2D eigenvalue weighted by molar-refractivity contribution is 5.76. The molecule has 0 saturated heterocycles. The average Bonchev–Trinajstić information content (AvgIpc) is 3.04. The molecule has 0 fully saturated rings. The molecule has 29 heavy (non-hydrogen) atoms. The van der Waals surface area contributed by atoms with Crippen LogP contribution in [0.3, 0.4) is 0 Å². The van der Waals surface area contributed by atoms with E-state index in [1.807, 2.05) is 6.07 Å². The van der Waals surface area contributed by atoms with Crippen molar-refractivity contribution >= 4 is 5.91 Å². The Kier molecular flexibility index (Phi) is 8.13. The van der Waals surface area contributed by atoms with Gasteiger partial charge in [-0.3, -0.25) is 4.79 Å². The third-order valence-electron chi connectivity index (χ3n) is 5.71. The molecule has 3 nitrogen and oxygen atoms in total. The van der Waals surface area contributed by atoms with Gasteiger partial charge in [-0.2, -0.15) is 0 Å². The van der Waals surface area contributed by atoms with Crippen LogP contribution in [0.15, 0.2) is 48.7 Å². The summed E-state index contributed by atoms with van der Waals surface area (Å²) in [5, 5.41) is 0. The fraction of sp³-hybridized carbons (Fsp3) is 0.577. The predicted molar refractivity (Wildman–Crippen MR) is 123 cm³/mol. The Hall–Kier alpha value is -2.03. The number of nitrogens with zero attached hydrogens (tertiary/aromatic N) is 2. The summed E-state index contributed by atoms with van der Waals surface area (Å²) in [6.07, 6.45) is 3.80. The van der Waals surface area contributed by atoms with Crippen molar-refractivity contribution in [3.05, 3.63) is 59.9 Å². The summed E-state index contributed by atoms with van der Waals surface area (Å²) in [6, 6.07) is 14.9. The summed E-state index contributed by atoms with van der Waals surface area (Å²) in [7, 11) is 0. The van der Waals surface area contributed by atoms with E-state index in [9.17, 15) is 4.79 Å². The van der Waals surface area contributed by atoms with E-state index in [0.717, 1.165) is 13.0 Å². The molecule has 1 aromatic carbocycles. The van der Waals surface area contributed by atoms with Gasteiger partial charge in [-0.25, -0.2) is 0 Å². The van der Waals surface area contributed by atoms with Gasteiger partial charge in [0, 0.05) is 30.9 Å². The van der Waals surface area contributed by atoms with E-state index < -0.39 is 0 Å². The van der Waals surface area contributed by atoms with E-state index in [0.29, 0.717) is 24.8 Å². The fourth-order valence-corrected chi connectivity index (χ4v) is 4.05. The van der Waals surface area contributed by atoms with E-state index >= 15 is 0 Å². The summed E-state index contributed by atoms with van der Waals surface area (Å²) in [4.78, 5) is 15.4. The molecular weight excluding hydrogens is 356 g/mol. The molecule has 2 atom stereocenters. The molecule has 1 heterocycles. The molecule has 0 radical (unpaired) electrons. The van der Waals surface area contributed by atoms with Crippen LogP contribution in [0, 0.1) is 17.3 Å². The van der Waals surface area contributed by atoms with Gasteiger partial charge in [-0.1, -0.05) is 71.9 Å². The molecule has 0 aliphatic rings. The van der Waals surface area contributed by atoms with Crippen molar-refractivity contribution in [2.24, 2.45) is 17.3 Å². The molecule has 0 N–H and O–H groups in total. The van der Waals surface area contributed by atoms with Crippen molar-refractivity contribution in [2.45, 2.75) is 80.4 Å². The van der Waals surface area contributed by atoms with Crippen molar-refractivity contribution in [1.82, 2.24) is 9.47 Å². The zero-order valence-corrected chi connectivity index (χ0v) is 19.5. The van der Waals surface area contributed by atoms with E-state index in [4.69, 9.17) is 0 Å². The Morgan fingerprint density at radius 1 is 1.00 bits per heavy atom. The Morgan fingerprint density at radius 3 is 2.24 bits per heavy atom. The van der Waals surface area contributed by atoms with Crippen molar-refractivity contribution in [3.8, 4) is 0 Å². The monoisotopic (exact) mass is 396 g/mol. The molecule has 0 aliphatic carbocycles. The Morgan fingerprint density at radius 2 is 1.66 bits per heavy atom. The lowest BCUT2D eigenvalue weighted by Crippen LogP contribution is -2.42. The number of amides is 1. The SMILES string of the molecule is CC(C)[C@H](C)N(Cc1cccn1Cc1ccccc1)C(=O)C[C@H](C)CC(C)(C)C. The predicted octanol–water partition coefficient (Wildman–Crippen LogP) is 6.37. The number of hydrogen-bond acceptors (Lipinski definition) is 1. The fourth-order valence-electron chi connectivity index (χ4n) is 4.05. The molecule has 0 spiro atoms. The van der Waals surface area contributed by atoms with Crippen LogP contribution in [0.4, 0.5) is 0 Å². The van der Waals surface area contributed by atoms with Crippen molar-refractivity contribution in [1.29, 1.82) is 0 Å². The van der Waals surface area contributed by atoms with Gasteiger partial charge in [-0.05, 0) is 48.3 Å². The summed E-state index contributed by atoms with van der Waals surface area (Å²) in [6.45, 7) is 17.0. The van der Waals surface area contributed by atoms with Crippen LogP contribution in [-0.2, 0) is 17.9 Å². The van der Waals surface area contributed by atoms with E-state index in [1.165, 1.54) is 11.3 Å². The Bertz CT molecular complexity index is 755. The van der Waals surface area contributed by atoms with E-state index in [-0.39, 0.29) is 17.4 Å². The summed E-state index contributed by atoms with van der Waals surface area (Å²) in [5.74, 6) is 1.09. The van der Waals surface area contributed by atoms with Gasteiger partial charge in [-0.15, -0.1) is 0 Å². The van der Waals surface area contributed by atoms with E-state index in [1.54, 1.807) is 0 Å². The second-order valence-electron chi connectivity index (χ2n) is 10.2. The second-order valence-corrected chi connectivity index (χ2v) is 10.2. The van der Waals surface area contributed by atoms with Gasteiger partial charge in [0.25, 0.3) is 0 Å². The highest BCUT2D eigenvalue weighted by atomic mass is 16.2. The highest BCUT2D eigenvalue weighted by Gasteiger charge is 2.26. The largest absolute Gasteiger partial charge is 0.345 e. The standard InChI is InChI=1S/C26H40N2O/c1-20(2)22(4)28(25(29)16-21(3)17-26(5,6)7)19-24-14-11-15-27(24)18-23-12-9-8-10-13-23/h8-15,20-22H,16-19H2,1-7H3/t21-,22-/m0/s1. The van der Waals surface area contributed by atoms with Crippen LogP contribution in [0.25, 0.3) is 0 Å². The number of rotatable bonds is 9. The maximum Gasteiger partial charge on any atom is 0.223 e. The van der Waals surface area contributed by atoms with Gasteiger partial charge in [0.2, 0.25) is 5.91 Å². The minimum atomic E-state index is 0.212. The molecule has 1 amide bonds. The van der Waals surface area contributed by atoms with Crippen molar-refractivity contribution in [2.75, 3.05) is 0 Å². The minimum Gasteiger partial charge on any atom is -0.345 e. The lowest BCUT2D eigenvalue weighted by atomic mass is 9.84. The quantitative estimate of drug-likeness (QED) is 0.483. The molecule has 0 aliphatic heterocycles. The zero-order chi connectivity index (χ0) is 21.6. The lowest BCUT2D eigenvalue weighted by Gasteiger charge is -2.34. The van der Waals surface area contributed by atoms with Crippen LogP contribution < -0.4 is 0 Å². The van der Waals surface area contributed by atoms with E-state index in [2.05, 4.69) is 101 Å². The normalized spacial score (nSPS) is 14.1. The molecule has 0 bridgehead atoms. The summed E-state index contributed by atoms with van der Waals surface area (Å²) < 4.78 is 2.27. The highest BCUT2D eigenvalue weighted by Crippen LogP contribution is 2.27. The molecule has 2 aromatic rings. The Balaban J connectivity index is 2.15. The number of hydrogen-bond donors (Lipinski definition) is 0. The first-order valence-corrected chi connectivity index (χ1v) is 11.0. The molecule has 0 unspecified atom stereocenters. The van der Waals surface area contributed by atoms with Gasteiger partial charge >= 0.3 is 0 Å². The minimum absolute atomic E-state index is 0.212. The molecule has 2 rings (SSSR count). The number of carbonyl (C=O) groups is 1. The molecular formula is C26H40N2O. The second kappa shape index (κ2) is 10.1. The van der Waals surface area contributed by atoms with Gasteiger partial charge in [0.05, 0.1) is 6.54 Å². The van der Waals surface area contributed by atoms with Crippen LogP contribution in [0.2, 0.25) is 0 Å². The van der Waals surface area contributed by atoms with Crippen molar-refractivity contribution < 1.29 is 4.79 Å². The molecule has 3 heteroatoms. The van der Waals surface area contributed by atoms with Crippen molar-refractivity contribution in [3.63, 3.8) is 0 Å². The maximum atomic E-state index is 13.3. The number of carbonyl (C=O) groups excluding carboxylic acids is 1. The maximum absolute atomic E-state index is 13.3. The average molecular weight is 397 g/mol. The van der Waals surface area contributed by atoms with Gasteiger partial charge < -0.3 is 9.47 Å². The zero-order valence-electron chi connectivity index (χ0n) is 19.5. The molecule has 0 saturated carbocycles. The smallest absolute Gasteiger partial charge is 0.223 e. The first-order chi connectivity index (χ1) is 13.6. The van der Waals surface area contributed by atoms with Crippen LogP contribution in [0.1, 0.15) is 72.6 Å². The van der Waals surface area contributed by atoms with Crippen LogP contribution >= 0.6 is 0 Å². The topological polar surface area (TPSA) is 25.2 Å². The van der Waals surface area contributed by atoms with Crippen LogP contribution in [0.5, 0.6) is 0 Å². The summed E-state index contributed by atoms with van der Waals surface area (Å²) >= 11 is 0. The third kappa shape index (κ3) is 7.38. The number of benzene rings is 1. The first kappa shape index (κ1) is 23.3. The molecule has 1 aromatic heterocycles. The third-order valence-corrected chi connectivity index (χ3v) is 5.71.